The van der Waals surface area contributed by atoms with Crippen LogP contribution in [0.1, 0.15) is 12.8 Å². The zero-order valence-electron chi connectivity index (χ0n) is 9.79. The van der Waals surface area contributed by atoms with Gasteiger partial charge in [0.1, 0.15) is 0 Å². The van der Waals surface area contributed by atoms with E-state index in [1.54, 1.807) is 0 Å². The standard InChI is InChI=1S/C13H17ClN2O/c14-11-7-10(15)1-2-12(11)16-8-13(9-16)3-5-17-6-4-13/h1-2,7H,3-6,8-9,15H2. The van der Waals surface area contributed by atoms with Crippen LogP contribution in [0.4, 0.5) is 11.4 Å². The van der Waals surface area contributed by atoms with Crippen LogP contribution in [-0.4, -0.2) is 26.3 Å². The van der Waals surface area contributed by atoms with E-state index in [0.29, 0.717) is 5.41 Å². The summed E-state index contributed by atoms with van der Waals surface area (Å²) < 4.78 is 5.42. The van der Waals surface area contributed by atoms with Crippen molar-refractivity contribution in [2.75, 3.05) is 36.9 Å². The molecule has 2 heterocycles. The van der Waals surface area contributed by atoms with E-state index >= 15 is 0 Å². The molecule has 0 aromatic heterocycles. The van der Waals surface area contributed by atoms with Gasteiger partial charge in [0.15, 0.2) is 0 Å². The lowest BCUT2D eigenvalue weighted by molar-refractivity contribution is -0.000181. The molecule has 2 saturated heterocycles. The molecule has 1 aromatic rings. The Balaban J connectivity index is 1.72. The topological polar surface area (TPSA) is 38.5 Å². The van der Waals surface area contributed by atoms with Crippen LogP contribution >= 0.6 is 11.6 Å². The van der Waals surface area contributed by atoms with Gasteiger partial charge in [0.05, 0.1) is 10.7 Å². The molecule has 0 bridgehead atoms. The van der Waals surface area contributed by atoms with Gasteiger partial charge in [-0.15, -0.1) is 0 Å². The Morgan fingerprint density at radius 1 is 1.24 bits per heavy atom. The fourth-order valence-electron chi connectivity index (χ4n) is 2.83. The Morgan fingerprint density at radius 2 is 1.94 bits per heavy atom. The predicted octanol–water partition coefficient (Wildman–Crippen LogP) is 2.54. The first-order valence-corrected chi connectivity index (χ1v) is 6.44. The van der Waals surface area contributed by atoms with Gasteiger partial charge in [0, 0.05) is 37.4 Å². The van der Waals surface area contributed by atoms with E-state index in [1.165, 1.54) is 12.8 Å². The Morgan fingerprint density at radius 3 is 2.59 bits per heavy atom. The van der Waals surface area contributed by atoms with Crippen LogP contribution in [0.25, 0.3) is 0 Å². The van der Waals surface area contributed by atoms with Crippen LogP contribution in [-0.2, 0) is 4.74 Å². The lowest BCUT2D eigenvalue weighted by atomic mass is 9.73. The molecule has 17 heavy (non-hydrogen) atoms. The Kier molecular flexibility index (Phi) is 2.68. The van der Waals surface area contributed by atoms with Crippen molar-refractivity contribution in [1.82, 2.24) is 0 Å². The summed E-state index contributed by atoms with van der Waals surface area (Å²) in [5.41, 5.74) is 8.01. The fraction of sp³-hybridized carbons (Fsp3) is 0.538. The number of anilines is 2. The van der Waals surface area contributed by atoms with Gasteiger partial charge in [-0.3, -0.25) is 0 Å². The second-order valence-corrected chi connectivity index (χ2v) is 5.59. The molecule has 0 unspecified atom stereocenters. The molecule has 92 valence electrons. The molecule has 0 amide bonds. The van der Waals surface area contributed by atoms with Gasteiger partial charge in [0.2, 0.25) is 0 Å². The minimum atomic E-state index is 0.475. The van der Waals surface area contributed by atoms with E-state index in [1.807, 2.05) is 18.2 Å². The first kappa shape index (κ1) is 11.2. The van der Waals surface area contributed by atoms with Crippen LogP contribution in [0.5, 0.6) is 0 Å². The average molecular weight is 253 g/mol. The normalized spacial score (nSPS) is 22.5. The van der Waals surface area contributed by atoms with Crippen LogP contribution in [0.3, 0.4) is 0 Å². The molecule has 1 spiro atoms. The molecule has 0 radical (unpaired) electrons. The minimum absolute atomic E-state index is 0.475. The maximum absolute atomic E-state index is 6.22. The number of halogens is 1. The fourth-order valence-corrected chi connectivity index (χ4v) is 3.14. The van der Waals surface area contributed by atoms with Crippen molar-refractivity contribution in [2.24, 2.45) is 5.41 Å². The second kappa shape index (κ2) is 4.07. The summed E-state index contributed by atoms with van der Waals surface area (Å²) in [6, 6.07) is 5.76. The highest BCUT2D eigenvalue weighted by Gasteiger charge is 2.44. The van der Waals surface area contributed by atoms with Gasteiger partial charge >= 0.3 is 0 Å². The van der Waals surface area contributed by atoms with Crippen LogP contribution in [0, 0.1) is 5.41 Å². The minimum Gasteiger partial charge on any atom is -0.399 e. The Labute approximate surface area is 106 Å². The Bertz CT molecular complexity index is 421. The van der Waals surface area contributed by atoms with E-state index in [2.05, 4.69) is 4.90 Å². The second-order valence-electron chi connectivity index (χ2n) is 5.18. The Hall–Kier alpha value is -0.930. The van der Waals surface area contributed by atoms with Gasteiger partial charge in [-0.05, 0) is 31.0 Å². The molecule has 2 fully saturated rings. The van der Waals surface area contributed by atoms with Gasteiger partial charge in [0.25, 0.3) is 0 Å². The van der Waals surface area contributed by atoms with Crippen molar-refractivity contribution >= 4 is 23.0 Å². The largest absolute Gasteiger partial charge is 0.399 e. The monoisotopic (exact) mass is 252 g/mol. The molecule has 0 aliphatic carbocycles. The molecular formula is C13H17ClN2O. The van der Waals surface area contributed by atoms with E-state index in [-0.39, 0.29) is 0 Å². The third kappa shape index (κ3) is 1.98. The van der Waals surface area contributed by atoms with Gasteiger partial charge in [-0.1, -0.05) is 11.6 Å². The van der Waals surface area contributed by atoms with Gasteiger partial charge < -0.3 is 15.4 Å². The summed E-state index contributed by atoms with van der Waals surface area (Å²) in [5.74, 6) is 0. The summed E-state index contributed by atoms with van der Waals surface area (Å²) in [4.78, 5) is 2.34. The molecule has 3 nitrogen and oxygen atoms in total. The smallest absolute Gasteiger partial charge is 0.0660 e. The molecule has 4 heteroatoms. The van der Waals surface area contributed by atoms with E-state index in [4.69, 9.17) is 22.1 Å². The number of benzene rings is 1. The van der Waals surface area contributed by atoms with Gasteiger partial charge in [-0.2, -0.15) is 0 Å². The number of nitrogens with two attached hydrogens (primary N) is 1. The van der Waals surface area contributed by atoms with Crippen LogP contribution < -0.4 is 10.6 Å². The highest BCUT2D eigenvalue weighted by molar-refractivity contribution is 6.33. The summed E-state index contributed by atoms with van der Waals surface area (Å²) >= 11 is 6.22. The van der Waals surface area contributed by atoms with Crippen LogP contribution in [0.15, 0.2) is 18.2 Å². The molecular weight excluding hydrogens is 236 g/mol. The average Bonchev–Trinajstić information content (AvgIpc) is 2.27. The number of ether oxygens (including phenoxy) is 1. The van der Waals surface area contributed by atoms with Crippen molar-refractivity contribution in [1.29, 1.82) is 0 Å². The number of hydrogen-bond acceptors (Lipinski definition) is 3. The van der Waals surface area contributed by atoms with Crippen molar-refractivity contribution in [3.8, 4) is 0 Å². The summed E-state index contributed by atoms with van der Waals surface area (Å²) in [7, 11) is 0. The van der Waals surface area contributed by atoms with Crippen molar-refractivity contribution in [3.05, 3.63) is 23.2 Å². The molecule has 3 rings (SSSR count). The third-order valence-corrected chi connectivity index (χ3v) is 4.22. The number of rotatable bonds is 1. The molecule has 0 saturated carbocycles. The molecule has 0 atom stereocenters. The zero-order chi connectivity index (χ0) is 11.9. The third-order valence-electron chi connectivity index (χ3n) is 3.92. The summed E-state index contributed by atoms with van der Waals surface area (Å²) in [5, 5.41) is 0.756. The SMILES string of the molecule is Nc1ccc(N2CC3(CCOCC3)C2)c(Cl)c1. The maximum Gasteiger partial charge on any atom is 0.0660 e. The van der Waals surface area contributed by atoms with Crippen LogP contribution in [0.2, 0.25) is 5.02 Å². The summed E-state index contributed by atoms with van der Waals surface area (Å²) in [6.45, 7) is 4.01. The van der Waals surface area contributed by atoms with E-state index in [9.17, 15) is 0 Å². The molecule has 2 N–H and O–H groups in total. The van der Waals surface area contributed by atoms with Gasteiger partial charge in [-0.25, -0.2) is 0 Å². The highest BCUT2D eigenvalue weighted by atomic mass is 35.5. The molecule has 2 aliphatic heterocycles. The number of nitrogens with zero attached hydrogens (tertiary/aromatic N) is 1. The lowest BCUT2D eigenvalue weighted by Crippen LogP contribution is -2.58. The highest BCUT2D eigenvalue weighted by Crippen LogP contribution is 2.44. The first-order valence-electron chi connectivity index (χ1n) is 6.06. The predicted molar refractivity (Wildman–Crippen MR) is 70.6 cm³/mol. The van der Waals surface area contributed by atoms with E-state index < -0.39 is 0 Å². The molecule has 2 aliphatic rings. The zero-order valence-corrected chi connectivity index (χ0v) is 10.5. The lowest BCUT2D eigenvalue weighted by Gasteiger charge is -2.53. The summed E-state index contributed by atoms with van der Waals surface area (Å²) in [6.07, 6.45) is 2.35. The number of hydrogen-bond donors (Lipinski definition) is 1. The first-order chi connectivity index (χ1) is 8.19. The quantitative estimate of drug-likeness (QED) is 0.781. The van der Waals surface area contributed by atoms with Crippen molar-refractivity contribution in [2.45, 2.75) is 12.8 Å². The number of nitrogen functional groups attached to an aromatic ring is 1. The maximum atomic E-state index is 6.22. The van der Waals surface area contributed by atoms with E-state index in [0.717, 1.165) is 42.7 Å². The van der Waals surface area contributed by atoms with Crippen molar-refractivity contribution < 1.29 is 4.74 Å². The molecule has 1 aromatic carbocycles. The van der Waals surface area contributed by atoms with Crippen molar-refractivity contribution in [3.63, 3.8) is 0 Å².